The lowest BCUT2D eigenvalue weighted by molar-refractivity contribution is 0.312. The average molecular weight is 272 g/mol. The predicted octanol–water partition coefficient (Wildman–Crippen LogP) is 4.36. The molecule has 0 atom stereocenters. The summed E-state index contributed by atoms with van der Waals surface area (Å²) in [7, 11) is 0. The van der Waals surface area contributed by atoms with Gasteiger partial charge in [0.2, 0.25) is 0 Å². The summed E-state index contributed by atoms with van der Waals surface area (Å²) in [6.07, 6.45) is 6.50. The number of hydrogen-bond acceptors (Lipinski definition) is 3. The molecule has 1 saturated carbocycles. The van der Waals surface area contributed by atoms with Crippen molar-refractivity contribution in [2.45, 2.75) is 51.5 Å². The third kappa shape index (κ3) is 4.77. The van der Waals surface area contributed by atoms with Gasteiger partial charge in [-0.2, -0.15) is 5.26 Å². The molecular weight excluding hydrogens is 248 g/mol. The van der Waals surface area contributed by atoms with Crippen LogP contribution in [0.15, 0.2) is 24.3 Å². The largest absolute Gasteiger partial charge is 0.493 e. The second kappa shape index (κ2) is 7.79. The summed E-state index contributed by atoms with van der Waals surface area (Å²) in [6.45, 7) is 2.95. The van der Waals surface area contributed by atoms with Crippen molar-refractivity contribution in [1.29, 1.82) is 5.26 Å². The number of rotatable bonds is 6. The van der Waals surface area contributed by atoms with Crippen molar-refractivity contribution in [2.75, 3.05) is 11.9 Å². The second-order valence-corrected chi connectivity index (χ2v) is 5.74. The van der Waals surface area contributed by atoms with Crippen LogP contribution in [-0.4, -0.2) is 12.6 Å². The van der Waals surface area contributed by atoms with Crippen molar-refractivity contribution in [3.8, 4) is 11.8 Å². The molecule has 0 radical (unpaired) electrons. The fourth-order valence-corrected chi connectivity index (χ4v) is 2.66. The molecule has 1 aromatic rings. The number of nitriles is 1. The number of nitrogens with one attached hydrogen (secondary N) is 1. The molecule has 0 aromatic heterocycles. The van der Waals surface area contributed by atoms with E-state index in [-0.39, 0.29) is 0 Å². The van der Waals surface area contributed by atoms with E-state index in [0.29, 0.717) is 19.1 Å². The van der Waals surface area contributed by atoms with Crippen molar-refractivity contribution >= 4 is 5.69 Å². The maximum atomic E-state index is 8.49. The van der Waals surface area contributed by atoms with Crippen molar-refractivity contribution < 1.29 is 4.74 Å². The zero-order valence-electron chi connectivity index (χ0n) is 12.3. The van der Waals surface area contributed by atoms with Crippen molar-refractivity contribution in [2.24, 2.45) is 5.92 Å². The second-order valence-electron chi connectivity index (χ2n) is 5.74. The Morgan fingerprint density at radius 2 is 2.10 bits per heavy atom. The maximum absolute atomic E-state index is 8.49. The lowest BCUT2D eigenvalue weighted by atomic mass is 9.87. The average Bonchev–Trinajstić information content (AvgIpc) is 2.47. The quantitative estimate of drug-likeness (QED) is 0.783. The Balaban J connectivity index is 1.81. The van der Waals surface area contributed by atoms with Gasteiger partial charge in [0.25, 0.3) is 0 Å². The summed E-state index contributed by atoms with van der Waals surface area (Å²) in [5, 5.41) is 12.1. The standard InChI is InChI=1S/C17H24N2O/c1-14-7-9-15(10-8-14)19-16-5-4-6-17(13-16)20-12-3-2-11-18/h4-6,13-15,19H,2-3,7-10,12H2,1H3. The molecule has 1 aliphatic carbocycles. The number of benzene rings is 1. The van der Waals surface area contributed by atoms with E-state index in [9.17, 15) is 0 Å². The summed E-state index contributed by atoms with van der Waals surface area (Å²) in [5.74, 6) is 1.76. The first-order valence-corrected chi connectivity index (χ1v) is 7.64. The van der Waals surface area contributed by atoms with Crippen LogP contribution < -0.4 is 10.1 Å². The topological polar surface area (TPSA) is 45.0 Å². The van der Waals surface area contributed by atoms with Gasteiger partial charge in [0.15, 0.2) is 0 Å². The van der Waals surface area contributed by atoms with Crippen molar-refractivity contribution in [3.05, 3.63) is 24.3 Å². The van der Waals surface area contributed by atoms with Crippen LogP contribution in [-0.2, 0) is 0 Å². The highest BCUT2D eigenvalue weighted by molar-refractivity contribution is 5.48. The molecule has 0 bridgehead atoms. The van der Waals surface area contributed by atoms with E-state index in [2.05, 4.69) is 30.4 Å². The molecule has 0 saturated heterocycles. The summed E-state index contributed by atoms with van der Waals surface area (Å²) >= 11 is 0. The minimum Gasteiger partial charge on any atom is -0.493 e. The van der Waals surface area contributed by atoms with E-state index in [1.54, 1.807) is 0 Å². The number of nitrogens with zero attached hydrogens (tertiary/aromatic N) is 1. The van der Waals surface area contributed by atoms with Gasteiger partial charge in [-0.3, -0.25) is 0 Å². The minimum absolute atomic E-state index is 0.554. The van der Waals surface area contributed by atoms with Gasteiger partial charge in [0, 0.05) is 24.2 Å². The number of ether oxygens (including phenoxy) is 1. The molecule has 1 aliphatic rings. The van der Waals surface area contributed by atoms with Gasteiger partial charge in [-0.25, -0.2) is 0 Å². The molecule has 2 rings (SSSR count). The molecule has 0 spiro atoms. The molecule has 0 heterocycles. The highest BCUT2D eigenvalue weighted by Gasteiger charge is 2.17. The van der Waals surface area contributed by atoms with Gasteiger partial charge in [-0.1, -0.05) is 13.0 Å². The van der Waals surface area contributed by atoms with E-state index in [0.717, 1.165) is 23.8 Å². The van der Waals surface area contributed by atoms with Crippen LogP contribution in [0, 0.1) is 17.2 Å². The molecular formula is C17H24N2O. The fraction of sp³-hybridized carbons (Fsp3) is 0.588. The first kappa shape index (κ1) is 14.7. The molecule has 3 heteroatoms. The monoisotopic (exact) mass is 272 g/mol. The van der Waals surface area contributed by atoms with E-state index in [1.165, 1.54) is 25.7 Å². The van der Waals surface area contributed by atoms with E-state index in [4.69, 9.17) is 10.00 Å². The van der Waals surface area contributed by atoms with Crippen LogP contribution in [0.2, 0.25) is 0 Å². The summed E-state index contributed by atoms with van der Waals surface area (Å²) in [4.78, 5) is 0. The Labute approximate surface area is 121 Å². The smallest absolute Gasteiger partial charge is 0.121 e. The van der Waals surface area contributed by atoms with Gasteiger partial charge in [-0.05, 0) is 50.2 Å². The van der Waals surface area contributed by atoms with Gasteiger partial charge >= 0.3 is 0 Å². The van der Waals surface area contributed by atoms with Crippen molar-refractivity contribution in [1.82, 2.24) is 0 Å². The molecule has 108 valence electrons. The lowest BCUT2D eigenvalue weighted by Crippen LogP contribution is -2.25. The summed E-state index contributed by atoms with van der Waals surface area (Å²) < 4.78 is 5.66. The van der Waals surface area contributed by atoms with Crippen LogP contribution in [0.25, 0.3) is 0 Å². The third-order valence-corrected chi connectivity index (χ3v) is 3.92. The van der Waals surface area contributed by atoms with Crippen molar-refractivity contribution in [3.63, 3.8) is 0 Å². The molecule has 1 N–H and O–H groups in total. The Morgan fingerprint density at radius 3 is 2.85 bits per heavy atom. The molecule has 20 heavy (non-hydrogen) atoms. The Kier molecular flexibility index (Phi) is 5.73. The molecule has 0 aliphatic heterocycles. The van der Waals surface area contributed by atoms with Crippen LogP contribution in [0.5, 0.6) is 5.75 Å². The maximum Gasteiger partial charge on any atom is 0.121 e. The highest BCUT2D eigenvalue weighted by atomic mass is 16.5. The molecule has 1 aromatic carbocycles. The van der Waals surface area contributed by atoms with Crippen LogP contribution >= 0.6 is 0 Å². The number of anilines is 1. The van der Waals surface area contributed by atoms with E-state index >= 15 is 0 Å². The zero-order chi connectivity index (χ0) is 14.2. The number of unbranched alkanes of at least 4 members (excludes halogenated alkanes) is 1. The van der Waals surface area contributed by atoms with E-state index in [1.807, 2.05) is 12.1 Å². The van der Waals surface area contributed by atoms with Gasteiger partial charge in [0.05, 0.1) is 12.7 Å². The first-order valence-electron chi connectivity index (χ1n) is 7.64. The van der Waals surface area contributed by atoms with Crippen LogP contribution in [0.3, 0.4) is 0 Å². The van der Waals surface area contributed by atoms with E-state index < -0.39 is 0 Å². The summed E-state index contributed by atoms with van der Waals surface area (Å²) in [6, 6.07) is 10.9. The first-order chi connectivity index (χ1) is 9.78. The predicted molar refractivity (Wildman–Crippen MR) is 81.8 cm³/mol. The lowest BCUT2D eigenvalue weighted by Gasteiger charge is -2.27. The van der Waals surface area contributed by atoms with Gasteiger partial charge in [0.1, 0.15) is 5.75 Å². The minimum atomic E-state index is 0.554. The molecule has 0 amide bonds. The Bertz CT molecular complexity index is 445. The Hall–Kier alpha value is -1.69. The number of hydrogen-bond donors (Lipinski definition) is 1. The molecule has 3 nitrogen and oxygen atoms in total. The third-order valence-electron chi connectivity index (χ3n) is 3.92. The normalized spacial score (nSPS) is 22.0. The Morgan fingerprint density at radius 1 is 1.30 bits per heavy atom. The zero-order valence-corrected chi connectivity index (χ0v) is 12.3. The van der Waals surface area contributed by atoms with Gasteiger partial charge in [-0.15, -0.1) is 0 Å². The van der Waals surface area contributed by atoms with Crippen LogP contribution in [0.4, 0.5) is 5.69 Å². The van der Waals surface area contributed by atoms with Gasteiger partial charge < -0.3 is 10.1 Å². The fourth-order valence-electron chi connectivity index (χ4n) is 2.66. The molecule has 0 unspecified atom stereocenters. The summed E-state index contributed by atoms with van der Waals surface area (Å²) in [5.41, 5.74) is 1.14. The SMILES string of the molecule is CC1CCC(Nc2cccc(OCCCC#N)c2)CC1. The van der Waals surface area contributed by atoms with Crippen LogP contribution in [0.1, 0.15) is 45.4 Å². The highest BCUT2D eigenvalue weighted by Crippen LogP contribution is 2.27. The molecule has 1 fully saturated rings.